The summed E-state index contributed by atoms with van der Waals surface area (Å²) in [5, 5.41) is 14.0. The lowest BCUT2D eigenvalue weighted by Gasteiger charge is -2.20. The number of ether oxygens (including phenoxy) is 3. The second-order valence-electron chi connectivity index (χ2n) is 14.1. The van der Waals surface area contributed by atoms with Gasteiger partial charge in [0.2, 0.25) is 0 Å². The highest BCUT2D eigenvalue weighted by Gasteiger charge is 2.29. The number of Topliss-reactive ketones (excluding diaryl/α,β-unsaturated/α-hetero) is 1. The molecule has 1 saturated heterocycles. The van der Waals surface area contributed by atoms with Gasteiger partial charge in [-0.15, -0.1) is 0 Å². The van der Waals surface area contributed by atoms with Gasteiger partial charge in [-0.1, -0.05) is 60.5 Å². The number of halogens is 2. The van der Waals surface area contributed by atoms with Gasteiger partial charge in [-0.2, -0.15) is 5.26 Å². The molecular weight excluding hydrogens is 695 g/mol. The van der Waals surface area contributed by atoms with Crippen LogP contribution in [0, 0.1) is 23.2 Å². The molecule has 3 atom stereocenters. The Bertz CT molecular complexity index is 1960. The van der Waals surface area contributed by atoms with E-state index in [0.29, 0.717) is 70.7 Å². The van der Waals surface area contributed by atoms with Crippen LogP contribution in [-0.4, -0.2) is 48.5 Å². The number of carbonyl (C=O) groups excluding carboxylic acids is 1. The number of carbonyl (C=O) groups is 1. The minimum Gasteiger partial charge on any atom is -0.492 e. The van der Waals surface area contributed by atoms with Crippen LogP contribution in [0.5, 0.6) is 17.2 Å². The van der Waals surface area contributed by atoms with Gasteiger partial charge in [0.1, 0.15) is 41.8 Å². The van der Waals surface area contributed by atoms with Crippen LogP contribution in [0.15, 0.2) is 67.0 Å². The fourth-order valence-electron chi connectivity index (χ4n) is 7.72. The van der Waals surface area contributed by atoms with E-state index in [1.54, 1.807) is 12.3 Å². The summed E-state index contributed by atoms with van der Waals surface area (Å²) < 4.78 is 19.3. The maximum absolute atomic E-state index is 11.8. The van der Waals surface area contributed by atoms with Crippen molar-refractivity contribution in [1.29, 1.82) is 5.26 Å². The molecule has 3 aliphatic rings. The third-order valence-electron chi connectivity index (χ3n) is 10.6. The maximum atomic E-state index is 11.8. The van der Waals surface area contributed by atoms with E-state index >= 15 is 0 Å². The van der Waals surface area contributed by atoms with Crippen LogP contribution in [-0.2, 0) is 24.4 Å². The molecule has 1 N–H and O–H groups in total. The van der Waals surface area contributed by atoms with Crippen molar-refractivity contribution < 1.29 is 19.0 Å². The van der Waals surface area contributed by atoms with E-state index in [0.717, 1.165) is 85.4 Å². The van der Waals surface area contributed by atoms with E-state index in [4.69, 9.17) is 37.4 Å². The lowest BCUT2D eigenvalue weighted by Crippen LogP contribution is -2.21. The second-order valence-corrected chi connectivity index (χ2v) is 14.9. The van der Waals surface area contributed by atoms with Crippen LogP contribution in [0.25, 0.3) is 11.1 Å². The van der Waals surface area contributed by atoms with Crippen LogP contribution < -0.4 is 19.5 Å². The minimum absolute atomic E-state index is 0.206. The molecule has 4 aromatic rings. The van der Waals surface area contributed by atoms with Gasteiger partial charge in [0, 0.05) is 67.0 Å². The monoisotopic (exact) mass is 738 g/mol. The van der Waals surface area contributed by atoms with E-state index in [1.165, 1.54) is 11.8 Å². The Morgan fingerprint density at radius 2 is 1.83 bits per heavy atom. The summed E-state index contributed by atoms with van der Waals surface area (Å²) in [7, 11) is 0. The summed E-state index contributed by atoms with van der Waals surface area (Å²) >= 11 is 14.0. The predicted molar refractivity (Wildman–Crippen MR) is 203 cm³/mol. The van der Waals surface area contributed by atoms with Crippen molar-refractivity contribution in [3.63, 3.8) is 0 Å². The van der Waals surface area contributed by atoms with E-state index in [2.05, 4.69) is 52.5 Å². The van der Waals surface area contributed by atoms with Gasteiger partial charge in [-0.05, 0) is 86.1 Å². The van der Waals surface area contributed by atoms with Gasteiger partial charge in [0.25, 0.3) is 0 Å². The third kappa shape index (κ3) is 8.40. The molecule has 3 aromatic carbocycles. The van der Waals surface area contributed by atoms with Gasteiger partial charge >= 0.3 is 0 Å². The van der Waals surface area contributed by atoms with E-state index < -0.39 is 0 Å². The third-order valence-corrected chi connectivity index (χ3v) is 11.2. The number of fused-ring (bicyclic) bond motifs is 1. The number of benzene rings is 3. The van der Waals surface area contributed by atoms with Crippen molar-refractivity contribution in [3.05, 3.63) is 105 Å². The second kappa shape index (κ2) is 16.7. The smallest absolute Gasteiger partial charge is 0.142 e. The summed E-state index contributed by atoms with van der Waals surface area (Å²) in [6.07, 6.45) is 7.99. The lowest BCUT2D eigenvalue weighted by molar-refractivity contribution is -0.117. The number of pyridine rings is 1. The molecule has 270 valence electrons. The van der Waals surface area contributed by atoms with Crippen LogP contribution in [0.1, 0.15) is 72.9 Å². The highest BCUT2D eigenvalue weighted by molar-refractivity contribution is 6.35. The zero-order valence-corrected chi connectivity index (χ0v) is 31.0. The summed E-state index contributed by atoms with van der Waals surface area (Å²) in [6, 6.07) is 20.0. The zero-order valence-electron chi connectivity index (χ0n) is 29.5. The first-order chi connectivity index (χ1) is 25.4. The van der Waals surface area contributed by atoms with Crippen molar-refractivity contribution in [3.8, 4) is 34.4 Å². The number of likely N-dealkylation sites (tertiary alicyclic amines) is 1. The Morgan fingerprint density at radius 3 is 2.63 bits per heavy atom. The van der Waals surface area contributed by atoms with E-state index in [1.807, 2.05) is 24.3 Å². The molecule has 10 heteroatoms. The molecule has 1 saturated carbocycles. The number of nitrogens with one attached hydrogen (secondary N) is 1. The number of ketones is 1. The van der Waals surface area contributed by atoms with Gasteiger partial charge in [0.15, 0.2) is 0 Å². The van der Waals surface area contributed by atoms with E-state index in [-0.39, 0.29) is 12.7 Å². The van der Waals surface area contributed by atoms with Gasteiger partial charge in [0.05, 0.1) is 22.2 Å². The molecule has 0 bridgehead atoms. The summed E-state index contributed by atoms with van der Waals surface area (Å²) in [4.78, 5) is 18.4. The number of aromatic nitrogens is 1. The molecule has 0 amide bonds. The molecule has 2 aliphatic carbocycles. The zero-order chi connectivity index (χ0) is 36.0. The average Bonchev–Trinajstić information content (AvgIpc) is 3.92. The average molecular weight is 740 g/mol. The fraction of sp³-hybridized carbons (Fsp3) is 0.405. The largest absolute Gasteiger partial charge is 0.492 e. The van der Waals surface area contributed by atoms with Crippen LogP contribution in [0.2, 0.25) is 10.0 Å². The maximum Gasteiger partial charge on any atom is 0.142 e. The summed E-state index contributed by atoms with van der Waals surface area (Å²) in [6.45, 7) is 7.62. The number of hydrogen-bond donors (Lipinski definition) is 1. The van der Waals surface area contributed by atoms with Crippen LogP contribution in [0.4, 0.5) is 0 Å². The SMILES string of the molecule is CCN1CCC(COc2cccc(-c3cccc4c3CC[C@@H]4Oc3cc(OCc4cncc(C#N)c4)c(CNC[C@@H]4CCC(=O)C4)cc3Cl)c2Cl)C1. The van der Waals surface area contributed by atoms with Gasteiger partial charge in [-0.25, -0.2) is 0 Å². The van der Waals surface area contributed by atoms with Crippen LogP contribution in [0.3, 0.4) is 0 Å². The molecule has 1 aromatic heterocycles. The Kier molecular flexibility index (Phi) is 11.6. The molecule has 0 radical (unpaired) electrons. The number of hydrogen-bond acceptors (Lipinski definition) is 8. The lowest BCUT2D eigenvalue weighted by atomic mass is 9.96. The van der Waals surface area contributed by atoms with Crippen molar-refractivity contribution in [1.82, 2.24) is 15.2 Å². The predicted octanol–water partition coefficient (Wildman–Crippen LogP) is 8.75. The van der Waals surface area contributed by atoms with Gasteiger partial charge in [-0.3, -0.25) is 9.78 Å². The van der Waals surface area contributed by atoms with Crippen molar-refractivity contribution in [2.45, 2.75) is 64.7 Å². The molecular formula is C42H44Cl2N4O4. The Hall–Kier alpha value is -4.13. The van der Waals surface area contributed by atoms with Crippen molar-refractivity contribution in [2.75, 3.05) is 32.8 Å². The standard InChI is InChI=1S/C42H44Cl2N4O4/c1-2-48-14-13-28(24-48)25-50-39-8-4-7-36(42(39)44)33-5-3-6-35-34(33)11-12-38(35)52-41-18-40(51-26-30-15-29(19-45)21-46-22-30)31(17-37(41)43)23-47-20-27-9-10-32(49)16-27/h3-8,15,17-18,21-22,27-28,38,47H,2,9-14,16,20,23-26H2,1H3/t27-,28?,38+/m1/s1. The quantitative estimate of drug-likeness (QED) is 0.137. The highest BCUT2D eigenvalue weighted by Crippen LogP contribution is 2.45. The highest BCUT2D eigenvalue weighted by atomic mass is 35.5. The Labute approximate surface area is 316 Å². The summed E-state index contributed by atoms with van der Waals surface area (Å²) in [5.74, 6) is 3.08. The number of nitriles is 1. The molecule has 52 heavy (non-hydrogen) atoms. The topological polar surface area (TPSA) is 96.7 Å². The van der Waals surface area contributed by atoms with Crippen molar-refractivity contribution >= 4 is 29.0 Å². The number of nitrogens with zero attached hydrogens (tertiary/aromatic N) is 3. The Balaban J connectivity index is 1.09. The first-order valence-electron chi connectivity index (χ1n) is 18.3. The molecule has 7 rings (SSSR count). The Morgan fingerprint density at radius 1 is 0.962 bits per heavy atom. The first kappa shape index (κ1) is 36.2. The minimum atomic E-state index is -0.206. The van der Waals surface area contributed by atoms with Crippen LogP contribution >= 0.6 is 23.2 Å². The van der Waals surface area contributed by atoms with Gasteiger partial charge < -0.3 is 24.4 Å². The fourth-order valence-corrected chi connectivity index (χ4v) is 8.24. The molecule has 0 spiro atoms. The molecule has 1 unspecified atom stereocenters. The first-order valence-corrected chi connectivity index (χ1v) is 19.1. The molecule has 2 heterocycles. The number of rotatable bonds is 14. The molecule has 2 fully saturated rings. The molecule has 8 nitrogen and oxygen atoms in total. The normalized spacial score (nSPS) is 19.8. The summed E-state index contributed by atoms with van der Waals surface area (Å²) in [5.41, 5.74) is 6.51. The van der Waals surface area contributed by atoms with E-state index in [9.17, 15) is 10.1 Å². The molecule has 1 aliphatic heterocycles. The van der Waals surface area contributed by atoms with Crippen molar-refractivity contribution in [2.24, 2.45) is 11.8 Å².